The predicted octanol–water partition coefficient (Wildman–Crippen LogP) is 2.26. The highest BCUT2D eigenvalue weighted by atomic mass is 79.9. The van der Waals surface area contributed by atoms with Crippen molar-refractivity contribution in [3.63, 3.8) is 0 Å². The van der Waals surface area contributed by atoms with Crippen LogP contribution in [-0.4, -0.2) is 18.9 Å². The quantitative estimate of drug-likeness (QED) is 0.477. The van der Waals surface area contributed by atoms with Crippen LogP contribution in [0.1, 0.15) is 16.8 Å². The summed E-state index contributed by atoms with van der Waals surface area (Å²) >= 11 is 4.64. The normalized spacial score (nSPS) is 9.69. The van der Waals surface area contributed by atoms with Crippen molar-refractivity contribution in [2.45, 2.75) is 6.42 Å². The van der Waals surface area contributed by atoms with Crippen molar-refractivity contribution in [1.29, 1.82) is 0 Å². The van der Waals surface area contributed by atoms with Gasteiger partial charge in [-0.1, -0.05) is 0 Å². The molecule has 1 heterocycles. The van der Waals surface area contributed by atoms with Gasteiger partial charge in [0, 0.05) is 10.9 Å². The molecule has 13 heavy (non-hydrogen) atoms. The van der Waals surface area contributed by atoms with E-state index in [9.17, 15) is 9.59 Å². The van der Waals surface area contributed by atoms with Crippen LogP contribution < -0.4 is 0 Å². The van der Waals surface area contributed by atoms with E-state index in [0.29, 0.717) is 5.56 Å². The molecule has 0 atom stereocenters. The number of ketones is 1. The molecule has 0 radical (unpaired) electrons. The van der Waals surface area contributed by atoms with Gasteiger partial charge in [0.2, 0.25) is 0 Å². The van der Waals surface area contributed by atoms with Crippen LogP contribution in [0.15, 0.2) is 15.2 Å². The third kappa shape index (κ3) is 2.93. The van der Waals surface area contributed by atoms with Crippen LogP contribution in [-0.2, 0) is 9.53 Å². The van der Waals surface area contributed by atoms with Gasteiger partial charge < -0.3 is 4.74 Å². The minimum atomic E-state index is -0.507. The second kappa shape index (κ2) is 4.53. The minimum Gasteiger partial charge on any atom is -0.469 e. The van der Waals surface area contributed by atoms with Crippen molar-refractivity contribution in [2.24, 2.45) is 0 Å². The Balaban J connectivity index is 2.64. The number of halogens is 1. The van der Waals surface area contributed by atoms with Gasteiger partial charge in [0.1, 0.15) is 6.42 Å². The van der Waals surface area contributed by atoms with Gasteiger partial charge >= 0.3 is 5.97 Å². The van der Waals surface area contributed by atoms with Gasteiger partial charge in [0.25, 0.3) is 0 Å². The smallest absolute Gasteiger partial charge is 0.313 e. The Hall–Kier alpha value is -0.680. The SMILES string of the molecule is COC(=O)CC(=O)c1csc(Br)c1. The Morgan fingerprint density at radius 2 is 2.31 bits per heavy atom. The summed E-state index contributed by atoms with van der Waals surface area (Å²) in [5.41, 5.74) is 0.544. The summed E-state index contributed by atoms with van der Waals surface area (Å²) < 4.78 is 5.26. The van der Waals surface area contributed by atoms with Crippen LogP contribution in [0, 0.1) is 0 Å². The van der Waals surface area contributed by atoms with Crippen LogP contribution in [0.25, 0.3) is 0 Å². The lowest BCUT2D eigenvalue weighted by atomic mass is 10.2. The van der Waals surface area contributed by atoms with Gasteiger partial charge in [0.05, 0.1) is 10.9 Å². The Labute approximate surface area is 87.8 Å². The van der Waals surface area contributed by atoms with Crippen LogP contribution in [0.2, 0.25) is 0 Å². The molecular formula is C8H7BrO3S. The van der Waals surface area contributed by atoms with Gasteiger partial charge in [0.15, 0.2) is 5.78 Å². The first-order valence-electron chi connectivity index (χ1n) is 3.47. The van der Waals surface area contributed by atoms with Crippen LogP contribution in [0.3, 0.4) is 0 Å². The zero-order chi connectivity index (χ0) is 9.84. The molecule has 0 aromatic carbocycles. The molecule has 1 rings (SSSR count). The lowest BCUT2D eigenvalue weighted by Crippen LogP contribution is -2.08. The van der Waals surface area contributed by atoms with E-state index in [2.05, 4.69) is 20.7 Å². The van der Waals surface area contributed by atoms with Gasteiger partial charge in [-0.15, -0.1) is 11.3 Å². The van der Waals surface area contributed by atoms with E-state index < -0.39 is 5.97 Å². The molecule has 0 saturated carbocycles. The van der Waals surface area contributed by atoms with Gasteiger partial charge in [-0.2, -0.15) is 0 Å². The Bertz CT molecular complexity index is 332. The van der Waals surface area contributed by atoms with E-state index in [4.69, 9.17) is 0 Å². The first-order chi connectivity index (χ1) is 6.13. The summed E-state index contributed by atoms with van der Waals surface area (Å²) in [4.78, 5) is 22.1. The molecule has 1 aromatic rings. The van der Waals surface area contributed by atoms with Crippen LogP contribution >= 0.6 is 27.3 Å². The second-order valence-electron chi connectivity index (χ2n) is 2.32. The fourth-order valence-electron chi connectivity index (χ4n) is 0.762. The zero-order valence-electron chi connectivity index (χ0n) is 6.87. The first-order valence-corrected chi connectivity index (χ1v) is 5.15. The number of ether oxygens (including phenoxy) is 1. The molecule has 0 bridgehead atoms. The summed E-state index contributed by atoms with van der Waals surface area (Å²) in [7, 11) is 1.26. The zero-order valence-corrected chi connectivity index (χ0v) is 9.28. The molecule has 0 aliphatic carbocycles. The lowest BCUT2D eigenvalue weighted by molar-refractivity contribution is -0.139. The van der Waals surface area contributed by atoms with E-state index in [1.807, 2.05) is 0 Å². The monoisotopic (exact) mass is 262 g/mol. The Morgan fingerprint density at radius 1 is 1.62 bits per heavy atom. The summed E-state index contributed by atoms with van der Waals surface area (Å²) in [5.74, 6) is -0.721. The Kier molecular flexibility index (Phi) is 3.62. The van der Waals surface area contributed by atoms with Crippen molar-refractivity contribution in [3.05, 3.63) is 20.8 Å². The number of hydrogen-bond donors (Lipinski definition) is 0. The fourth-order valence-corrected chi connectivity index (χ4v) is 1.92. The van der Waals surface area contributed by atoms with Gasteiger partial charge in [-0.3, -0.25) is 9.59 Å². The van der Waals surface area contributed by atoms with E-state index in [1.54, 1.807) is 11.4 Å². The van der Waals surface area contributed by atoms with Crippen molar-refractivity contribution < 1.29 is 14.3 Å². The number of hydrogen-bond acceptors (Lipinski definition) is 4. The number of carbonyl (C=O) groups excluding carboxylic acids is 2. The maximum absolute atomic E-state index is 11.3. The third-order valence-electron chi connectivity index (χ3n) is 1.42. The first kappa shape index (κ1) is 10.4. The molecule has 5 heteroatoms. The van der Waals surface area contributed by atoms with Crippen LogP contribution in [0.5, 0.6) is 0 Å². The van der Waals surface area contributed by atoms with Gasteiger partial charge in [-0.25, -0.2) is 0 Å². The molecule has 0 unspecified atom stereocenters. The maximum Gasteiger partial charge on any atom is 0.313 e. The molecule has 0 aliphatic heterocycles. The average molecular weight is 263 g/mol. The van der Waals surface area contributed by atoms with E-state index in [0.717, 1.165) is 3.79 Å². The summed E-state index contributed by atoms with van der Waals surface area (Å²) in [6.45, 7) is 0. The molecule has 0 amide bonds. The number of Topliss-reactive ketones (excluding diaryl/α,β-unsaturated/α-hetero) is 1. The number of methoxy groups -OCH3 is 1. The van der Waals surface area contributed by atoms with Crippen molar-refractivity contribution in [1.82, 2.24) is 0 Å². The van der Waals surface area contributed by atoms with Crippen LogP contribution in [0.4, 0.5) is 0 Å². The number of carbonyl (C=O) groups is 2. The van der Waals surface area contributed by atoms with E-state index in [-0.39, 0.29) is 12.2 Å². The van der Waals surface area contributed by atoms with Gasteiger partial charge in [-0.05, 0) is 22.0 Å². The largest absolute Gasteiger partial charge is 0.469 e. The Morgan fingerprint density at radius 3 is 2.77 bits per heavy atom. The highest BCUT2D eigenvalue weighted by molar-refractivity contribution is 9.11. The minimum absolute atomic E-state index is 0.195. The van der Waals surface area contributed by atoms with Crippen molar-refractivity contribution >= 4 is 39.0 Å². The lowest BCUT2D eigenvalue weighted by Gasteiger charge is -1.95. The third-order valence-corrected chi connectivity index (χ3v) is 2.93. The van der Waals surface area contributed by atoms with E-state index in [1.165, 1.54) is 18.4 Å². The summed E-state index contributed by atoms with van der Waals surface area (Å²) in [6, 6.07) is 1.69. The standard InChI is InChI=1S/C8H7BrO3S/c1-12-8(11)3-6(10)5-2-7(9)13-4-5/h2,4H,3H2,1H3. The highest BCUT2D eigenvalue weighted by Gasteiger charge is 2.12. The molecule has 0 N–H and O–H groups in total. The number of rotatable bonds is 3. The highest BCUT2D eigenvalue weighted by Crippen LogP contribution is 2.21. The molecule has 0 fully saturated rings. The fraction of sp³-hybridized carbons (Fsp3) is 0.250. The molecule has 70 valence electrons. The maximum atomic E-state index is 11.3. The molecule has 1 aromatic heterocycles. The molecule has 0 saturated heterocycles. The number of thiophene rings is 1. The molecule has 0 aliphatic rings. The predicted molar refractivity (Wildman–Crippen MR) is 53.0 cm³/mol. The summed E-state index contributed by atoms with van der Waals surface area (Å²) in [6.07, 6.45) is -0.195. The topological polar surface area (TPSA) is 43.4 Å². The number of esters is 1. The molecule has 0 spiro atoms. The van der Waals surface area contributed by atoms with E-state index >= 15 is 0 Å². The summed E-state index contributed by atoms with van der Waals surface area (Å²) in [5, 5.41) is 1.70. The second-order valence-corrected chi connectivity index (χ2v) is 4.61. The van der Waals surface area contributed by atoms with Crippen molar-refractivity contribution in [2.75, 3.05) is 7.11 Å². The van der Waals surface area contributed by atoms with Crippen molar-refractivity contribution in [3.8, 4) is 0 Å². The molecular weight excluding hydrogens is 256 g/mol. The molecule has 3 nitrogen and oxygen atoms in total. The average Bonchev–Trinajstić information content (AvgIpc) is 2.51.